The average Bonchev–Trinajstić information content (AvgIpc) is 2.17. The van der Waals surface area contributed by atoms with Gasteiger partial charge in [0, 0.05) is 0 Å². The van der Waals surface area contributed by atoms with Crippen molar-refractivity contribution in [3.63, 3.8) is 0 Å². The predicted molar refractivity (Wildman–Crippen MR) is 44.6 cm³/mol. The van der Waals surface area contributed by atoms with Gasteiger partial charge in [0.05, 0.1) is 0 Å². The Bertz CT molecular complexity index is 80.5. The van der Waals surface area contributed by atoms with Gasteiger partial charge in [-0.1, -0.05) is 0 Å². The molecule has 0 radical (unpaired) electrons. The number of rotatable bonds is 0. The number of hydrogen-bond donors (Lipinski definition) is 0. The molecule has 54 valence electrons. The quantitative estimate of drug-likeness (QED) is 0.413. The molecule has 0 spiro atoms. The van der Waals surface area contributed by atoms with Crippen LogP contribution in [-0.4, -0.2) is 23.1 Å². The second kappa shape index (κ2) is 16.5. The molecule has 0 saturated heterocycles. The maximum Gasteiger partial charge on any atom is 2.00 e. The summed E-state index contributed by atoms with van der Waals surface area (Å²) in [7, 11) is 0. The Labute approximate surface area is 94.0 Å². The van der Waals surface area contributed by atoms with Crippen molar-refractivity contribution in [2.75, 3.05) is 0 Å². The Morgan fingerprint density at radius 2 is 1.90 bits per heavy atom. The predicted octanol–water partition coefficient (Wildman–Crippen LogP) is -0.598. The van der Waals surface area contributed by atoms with Crippen LogP contribution in [0.5, 0.6) is 0 Å². The third kappa shape index (κ3) is 16.0. The van der Waals surface area contributed by atoms with Gasteiger partial charge in [-0.3, -0.25) is 0 Å². The summed E-state index contributed by atoms with van der Waals surface area (Å²) in [6.45, 7) is 4.00. The zero-order valence-corrected chi connectivity index (χ0v) is 10.1. The van der Waals surface area contributed by atoms with E-state index in [4.69, 9.17) is 0 Å². The van der Waals surface area contributed by atoms with E-state index >= 15 is 0 Å². The van der Waals surface area contributed by atoms with E-state index in [0.29, 0.717) is 0 Å². The van der Waals surface area contributed by atoms with Crippen LogP contribution in [0, 0.1) is 11.8 Å². The fraction of sp³-hybridized carbons (Fsp3) is 0.286. The van der Waals surface area contributed by atoms with E-state index in [-0.39, 0.29) is 40.0 Å². The first kappa shape index (κ1) is 17.1. The summed E-state index contributed by atoms with van der Waals surface area (Å²) in [4.78, 5) is 0. The van der Waals surface area contributed by atoms with Gasteiger partial charge in [-0.15, -0.1) is 5.38 Å². The Hall–Kier alpha value is 0.946. The van der Waals surface area contributed by atoms with E-state index in [9.17, 15) is 0 Å². The molecule has 0 fully saturated rings. The van der Waals surface area contributed by atoms with Gasteiger partial charge in [-0.2, -0.15) is 25.3 Å². The Morgan fingerprint density at radius 1 is 1.40 bits per heavy atom. The topological polar surface area (TPSA) is 0 Å². The molecule has 1 heterocycles. The van der Waals surface area contributed by atoms with Gasteiger partial charge >= 0.3 is 23.1 Å². The van der Waals surface area contributed by atoms with Crippen LogP contribution in [0.25, 0.3) is 0 Å². The van der Waals surface area contributed by atoms with Gasteiger partial charge in [-0.25, -0.2) is 6.07 Å². The Kier molecular flexibility index (Phi) is 28.3. The van der Waals surface area contributed by atoms with Crippen LogP contribution in [0.1, 0.15) is 13.8 Å². The largest absolute Gasteiger partial charge is 2.00 e. The molecule has 1 rings (SSSR count). The molecule has 0 bridgehead atoms. The molecule has 0 nitrogen and oxygen atoms in total. The second-order valence-electron chi connectivity index (χ2n) is 1.31. The molecule has 10 heavy (non-hydrogen) atoms. The van der Waals surface area contributed by atoms with Crippen LogP contribution in [0.4, 0.5) is 0 Å². The van der Waals surface area contributed by atoms with E-state index < -0.39 is 0 Å². The molecule has 0 atom stereocenters. The third-order valence-corrected chi connectivity index (χ3v) is 0.944. The minimum absolute atomic E-state index is 0. The molecule has 3 heteroatoms. The smallest absolute Gasteiger partial charge is 1.00 e. The normalized spacial score (nSPS) is 5.80. The van der Waals surface area contributed by atoms with Gasteiger partial charge < -0.3 is 34.7 Å². The number of thiophene rings is 1. The van der Waals surface area contributed by atoms with Crippen LogP contribution in [-0.2, 0) is 0 Å². The molecule has 1 aromatic rings. The molecule has 0 aliphatic heterocycles. The van der Waals surface area contributed by atoms with E-state index in [1.165, 1.54) is 0 Å². The average molecular weight is 230 g/mol. The summed E-state index contributed by atoms with van der Waals surface area (Å²) in [6.07, 6.45) is 2.00. The van der Waals surface area contributed by atoms with E-state index in [2.05, 4.69) is 5.38 Å². The molecular weight excluding hydrogens is 220 g/mol. The van der Waals surface area contributed by atoms with Crippen molar-refractivity contribution < 1.29 is 17.0 Å². The fourth-order valence-corrected chi connectivity index (χ4v) is 0.589. The summed E-state index contributed by atoms with van der Waals surface area (Å²) in [5, 5.41) is 4.89. The maximum absolute atomic E-state index is 2.90. The van der Waals surface area contributed by atoms with Crippen molar-refractivity contribution in [1.82, 2.24) is 0 Å². The van der Waals surface area contributed by atoms with Gasteiger partial charge in [0.1, 0.15) is 0 Å². The summed E-state index contributed by atoms with van der Waals surface area (Å²) >= 11 is 1.59. The Balaban J connectivity index is -0.0000000900. The van der Waals surface area contributed by atoms with Gasteiger partial charge in [-0.05, 0) is 0 Å². The first-order valence-corrected chi connectivity index (χ1v) is 3.43. The third-order valence-electron chi connectivity index (χ3n) is 0.379. The van der Waals surface area contributed by atoms with Gasteiger partial charge in [0.25, 0.3) is 0 Å². The van der Waals surface area contributed by atoms with Crippen LogP contribution in [0.15, 0.2) is 17.5 Å². The number of hydrogen-bond acceptors (Lipinski definition) is 1. The standard InChI is InChI=1S/C4H3S.C3H7.BrH.Mg/c1-2-4-5-3-1;1-3-2;;/h1-3H;3H,1-2H3;1H;/q2*-1;;+2/p-1. The summed E-state index contributed by atoms with van der Waals surface area (Å²) in [5.74, 6) is 0. The summed E-state index contributed by atoms with van der Waals surface area (Å²) < 4.78 is 0. The van der Waals surface area contributed by atoms with Crippen LogP contribution < -0.4 is 17.0 Å². The van der Waals surface area contributed by atoms with E-state index in [1.54, 1.807) is 11.3 Å². The fourth-order valence-electron chi connectivity index (χ4n) is 0.196. The summed E-state index contributed by atoms with van der Waals surface area (Å²) in [6, 6.07) is 3.86. The Morgan fingerprint density at radius 3 is 2.00 bits per heavy atom. The molecule has 0 saturated carbocycles. The van der Waals surface area contributed by atoms with Gasteiger partial charge in [0.15, 0.2) is 0 Å². The molecule has 0 N–H and O–H groups in total. The van der Waals surface area contributed by atoms with Crippen LogP contribution in [0.2, 0.25) is 0 Å². The zero-order valence-electron chi connectivity index (χ0n) is 6.30. The maximum atomic E-state index is 2.90. The minimum atomic E-state index is 0. The van der Waals surface area contributed by atoms with Crippen molar-refractivity contribution in [2.24, 2.45) is 0 Å². The first-order chi connectivity index (χ1) is 3.91. The molecular formula is C7H10BrMgS-. The SMILES string of the molecule is C[CH-]C.[Br-].[Mg+2].[c-]1cccs1. The molecule has 0 aromatic carbocycles. The monoisotopic (exact) mass is 229 g/mol. The molecule has 0 aliphatic carbocycles. The molecule has 0 aliphatic rings. The van der Waals surface area contributed by atoms with Gasteiger partial charge in [0.2, 0.25) is 0 Å². The van der Waals surface area contributed by atoms with Crippen molar-refractivity contribution in [3.05, 3.63) is 29.3 Å². The van der Waals surface area contributed by atoms with E-state index in [0.717, 1.165) is 0 Å². The van der Waals surface area contributed by atoms with Crippen LogP contribution >= 0.6 is 11.3 Å². The molecule has 0 unspecified atom stereocenters. The van der Waals surface area contributed by atoms with Crippen molar-refractivity contribution in [3.8, 4) is 0 Å². The summed E-state index contributed by atoms with van der Waals surface area (Å²) in [5.41, 5.74) is 0. The molecule has 0 amide bonds. The van der Waals surface area contributed by atoms with E-state index in [1.807, 2.05) is 37.8 Å². The van der Waals surface area contributed by atoms with Crippen molar-refractivity contribution in [2.45, 2.75) is 13.8 Å². The first-order valence-electron chi connectivity index (χ1n) is 2.55. The van der Waals surface area contributed by atoms with Crippen molar-refractivity contribution >= 4 is 34.4 Å². The van der Waals surface area contributed by atoms with Crippen molar-refractivity contribution in [1.29, 1.82) is 0 Å². The number of halogens is 1. The molecule has 1 aromatic heterocycles. The minimum Gasteiger partial charge on any atom is -1.00 e. The zero-order chi connectivity index (χ0) is 6.24. The van der Waals surface area contributed by atoms with Crippen LogP contribution in [0.3, 0.4) is 0 Å². The second-order valence-corrected chi connectivity index (χ2v) is 2.05.